The molecule has 3 N–H and O–H groups in total. The van der Waals surface area contributed by atoms with Gasteiger partial charge in [-0.2, -0.15) is 0 Å². The Balaban J connectivity index is 1.82. The molecule has 0 spiro atoms. The summed E-state index contributed by atoms with van der Waals surface area (Å²) < 4.78 is 0.163. The van der Waals surface area contributed by atoms with Gasteiger partial charge in [-0.15, -0.1) is 0 Å². The Labute approximate surface area is 122 Å². The van der Waals surface area contributed by atoms with E-state index in [2.05, 4.69) is 22.3 Å². The monoisotopic (exact) mass is 343 g/mol. The van der Waals surface area contributed by atoms with E-state index in [1.54, 1.807) is 6.08 Å². The van der Waals surface area contributed by atoms with Crippen LogP contribution in [0.1, 0.15) is 39.0 Å². The molecular formula is C14H24AsN2O3. The van der Waals surface area contributed by atoms with Gasteiger partial charge >= 0.3 is 122 Å². The molecule has 1 amide bonds. The van der Waals surface area contributed by atoms with Gasteiger partial charge in [0.15, 0.2) is 0 Å². The second kappa shape index (κ2) is 6.77. The van der Waals surface area contributed by atoms with Crippen molar-refractivity contribution >= 4 is 25.3 Å². The van der Waals surface area contributed by atoms with Crippen LogP contribution in [-0.4, -0.2) is 41.7 Å². The maximum absolute atomic E-state index is 11.9. The van der Waals surface area contributed by atoms with Crippen LogP contribution in [0.3, 0.4) is 0 Å². The number of hydrogen-bond donors (Lipinski definition) is 3. The molecule has 2 aliphatic heterocycles. The number of aliphatic hydroxyl groups excluding tert-OH is 1. The van der Waals surface area contributed by atoms with E-state index in [-0.39, 0.29) is 22.6 Å². The molecule has 1 fully saturated rings. The molecule has 2 rings (SSSR count). The molecule has 2 aliphatic rings. The molecule has 0 aromatic heterocycles. The third-order valence-electron chi connectivity index (χ3n) is 4.19. The molecule has 2 heterocycles. The summed E-state index contributed by atoms with van der Waals surface area (Å²) in [6, 6.07) is 0. The first kappa shape index (κ1) is 15.6. The number of rotatable bonds is 7. The summed E-state index contributed by atoms with van der Waals surface area (Å²) in [5.74, 6) is 0.271. The van der Waals surface area contributed by atoms with E-state index in [0.717, 1.165) is 42.5 Å². The van der Waals surface area contributed by atoms with Crippen LogP contribution < -0.4 is 5.32 Å². The maximum atomic E-state index is 11.9. The van der Waals surface area contributed by atoms with Crippen molar-refractivity contribution in [2.45, 2.75) is 60.3 Å². The fourth-order valence-corrected chi connectivity index (χ4v) is 12.3. The Hall–Kier alpha value is -0.802. The average molecular weight is 343 g/mol. The van der Waals surface area contributed by atoms with Crippen molar-refractivity contribution in [3.8, 4) is 0 Å². The van der Waals surface area contributed by atoms with Gasteiger partial charge in [-0.3, -0.25) is 0 Å². The minimum atomic E-state index is -2.00. The number of fused-ring (bicyclic) bond motifs is 1. The standard InChI is InChI=1S/C14H24AsN2O3/c1-2-3-5-11(18)6-4-8-15-9-7-13(17-20)16-14(19)12(15)10-15/h7,9,11-12,18,20H,2-6,8,10H2,1H3,(H,16,17,19). The summed E-state index contributed by atoms with van der Waals surface area (Å²) in [6.07, 6.45) is 6.48. The third kappa shape index (κ3) is 3.64. The van der Waals surface area contributed by atoms with Gasteiger partial charge in [-0.05, 0) is 0 Å². The van der Waals surface area contributed by atoms with Crippen LogP contribution in [-0.2, 0) is 4.79 Å². The fourth-order valence-electron chi connectivity index (χ4n) is 2.81. The van der Waals surface area contributed by atoms with Crippen LogP contribution in [0.15, 0.2) is 16.1 Å². The number of amides is 1. The number of oxime groups is 1. The Kier molecular flexibility index (Phi) is 5.28. The van der Waals surface area contributed by atoms with Crippen molar-refractivity contribution in [1.82, 2.24) is 5.32 Å². The first-order chi connectivity index (χ1) is 9.61. The van der Waals surface area contributed by atoms with Gasteiger partial charge in [0, 0.05) is 0 Å². The average Bonchev–Trinajstić information content (AvgIpc) is 3.16. The Morgan fingerprint density at radius 2 is 2.25 bits per heavy atom. The van der Waals surface area contributed by atoms with Crippen molar-refractivity contribution in [2.75, 3.05) is 0 Å². The molecule has 0 aliphatic carbocycles. The zero-order valence-corrected chi connectivity index (χ0v) is 13.8. The summed E-state index contributed by atoms with van der Waals surface area (Å²) in [7, 11) is 0. The molecule has 6 heteroatoms. The zero-order chi connectivity index (χ0) is 14.6. The summed E-state index contributed by atoms with van der Waals surface area (Å²) in [5, 5.41) is 26.4. The van der Waals surface area contributed by atoms with E-state index in [9.17, 15) is 9.90 Å². The summed E-state index contributed by atoms with van der Waals surface area (Å²) in [5.41, 5.74) is 0. The predicted octanol–water partition coefficient (Wildman–Crippen LogP) is 2.16. The number of amidine groups is 1. The number of nitrogens with zero attached hydrogens (tertiary/aromatic N) is 1. The number of carbonyl (C=O) groups is 1. The van der Waals surface area contributed by atoms with E-state index in [1.165, 1.54) is 0 Å². The number of hydrogen-bond acceptors (Lipinski definition) is 4. The summed E-state index contributed by atoms with van der Waals surface area (Å²) in [6.45, 7) is 2.13. The number of carbonyl (C=O) groups excluding carboxylic acids is 1. The van der Waals surface area contributed by atoms with Crippen molar-refractivity contribution in [2.24, 2.45) is 5.16 Å². The second-order valence-electron chi connectivity index (χ2n) is 5.75. The molecule has 1 saturated heterocycles. The van der Waals surface area contributed by atoms with Crippen LogP contribution in [0.5, 0.6) is 0 Å². The van der Waals surface area contributed by atoms with E-state index in [0.29, 0.717) is 0 Å². The zero-order valence-electron chi connectivity index (χ0n) is 12.0. The molecular weight excluding hydrogens is 319 g/mol. The molecule has 3 atom stereocenters. The van der Waals surface area contributed by atoms with Crippen molar-refractivity contribution in [3.05, 3.63) is 10.9 Å². The second-order valence-corrected chi connectivity index (χ2v) is 14.0. The van der Waals surface area contributed by atoms with Crippen LogP contribution in [0.4, 0.5) is 0 Å². The number of nitrogens with one attached hydrogen (secondary N) is 1. The van der Waals surface area contributed by atoms with Gasteiger partial charge in [-0.1, -0.05) is 0 Å². The first-order valence-electron chi connectivity index (χ1n) is 7.38. The van der Waals surface area contributed by atoms with Crippen molar-refractivity contribution in [1.29, 1.82) is 0 Å². The molecule has 20 heavy (non-hydrogen) atoms. The molecule has 0 bridgehead atoms. The fraction of sp³-hybridized carbons (Fsp3) is 0.714. The van der Waals surface area contributed by atoms with Crippen LogP contribution in [0.25, 0.3) is 0 Å². The van der Waals surface area contributed by atoms with Gasteiger partial charge in [0.05, 0.1) is 0 Å². The molecule has 1 radical (unpaired) electrons. The van der Waals surface area contributed by atoms with Gasteiger partial charge < -0.3 is 0 Å². The van der Waals surface area contributed by atoms with E-state index in [4.69, 9.17) is 5.21 Å². The quantitative estimate of drug-likeness (QED) is 0.376. The van der Waals surface area contributed by atoms with Crippen LogP contribution in [0.2, 0.25) is 15.1 Å². The Bertz CT molecular complexity index is 425. The molecule has 113 valence electrons. The third-order valence-corrected chi connectivity index (χ3v) is 12.9. The molecule has 0 saturated carbocycles. The Morgan fingerprint density at radius 1 is 1.50 bits per heavy atom. The number of unbranched alkanes of at least 4 members (excludes halogenated alkanes) is 1. The van der Waals surface area contributed by atoms with E-state index >= 15 is 0 Å². The predicted molar refractivity (Wildman–Crippen MR) is 80.4 cm³/mol. The van der Waals surface area contributed by atoms with Gasteiger partial charge in [0.25, 0.3) is 0 Å². The Morgan fingerprint density at radius 3 is 2.95 bits per heavy atom. The normalized spacial score (nSPS) is 31.6. The van der Waals surface area contributed by atoms with Crippen molar-refractivity contribution < 1.29 is 15.1 Å². The van der Waals surface area contributed by atoms with Gasteiger partial charge in [-0.25, -0.2) is 0 Å². The summed E-state index contributed by atoms with van der Waals surface area (Å²) in [4.78, 5) is 14.1. The van der Waals surface area contributed by atoms with Crippen LogP contribution >= 0.6 is 0 Å². The SMILES string of the molecule is CCCCC(O)CCC[As]12C=C/C(=N\O)NC(=O)C1C2. The molecule has 3 unspecified atom stereocenters. The van der Waals surface area contributed by atoms with E-state index < -0.39 is 13.6 Å². The molecule has 0 aromatic rings. The topological polar surface area (TPSA) is 81.9 Å². The van der Waals surface area contributed by atoms with E-state index in [1.807, 2.05) is 0 Å². The number of aliphatic hydroxyl groups is 1. The summed E-state index contributed by atoms with van der Waals surface area (Å²) >= 11 is -2.00. The van der Waals surface area contributed by atoms with Gasteiger partial charge in [0.2, 0.25) is 0 Å². The van der Waals surface area contributed by atoms with Crippen molar-refractivity contribution in [3.63, 3.8) is 0 Å². The molecule has 5 nitrogen and oxygen atoms in total. The molecule has 0 aromatic carbocycles. The van der Waals surface area contributed by atoms with Gasteiger partial charge in [0.1, 0.15) is 0 Å². The van der Waals surface area contributed by atoms with Crippen LogP contribution in [0, 0.1) is 0 Å². The first-order valence-corrected chi connectivity index (χ1v) is 12.2. The minimum absolute atomic E-state index is 0.0156.